The van der Waals surface area contributed by atoms with Gasteiger partial charge in [0.05, 0.1) is 18.9 Å². The molecule has 0 saturated heterocycles. The van der Waals surface area contributed by atoms with E-state index in [1.807, 2.05) is 0 Å². The second-order valence-corrected chi connectivity index (χ2v) is 4.41. The summed E-state index contributed by atoms with van der Waals surface area (Å²) in [6.07, 6.45) is -2.61. The lowest BCUT2D eigenvalue weighted by Crippen LogP contribution is -2.21. The Morgan fingerprint density at radius 3 is 2.71 bits per heavy atom. The first-order chi connectivity index (χ1) is 8.01. The summed E-state index contributed by atoms with van der Waals surface area (Å²) in [5.74, 6) is -0.501. The molecule has 3 N–H and O–H groups in total. The number of thiazole rings is 1. The molecule has 1 aromatic heterocycles. The highest BCUT2D eigenvalue weighted by molar-refractivity contribution is 7.13. The molecule has 7 heteroatoms. The Hall–Kier alpha value is -1.02. The number of hydrogen-bond donors (Lipinski definition) is 3. The summed E-state index contributed by atoms with van der Waals surface area (Å²) < 4.78 is 4.83. The van der Waals surface area contributed by atoms with Crippen LogP contribution in [0.2, 0.25) is 0 Å². The summed E-state index contributed by atoms with van der Waals surface area (Å²) >= 11 is 0.953. The van der Waals surface area contributed by atoms with Gasteiger partial charge in [0.15, 0.2) is 0 Å². The molecule has 1 aromatic rings. The molecule has 6 nitrogen and oxygen atoms in total. The zero-order valence-corrected chi connectivity index (χ0v) is 10.4. The molecule has 0 radical (unpaired) electrons. The number of aliphatic hydroxyl groups excluding tert-OH is 3. The molecule has 17 heavy (non-hydrogen) atoms. The third-order valence-corrected chi connectivity index (χ3v) is 3.29. The van der Waals surface area contributed by atoms with E-state index >= 15 is 0 Å². The van der Waals surface area contributed by atoms with Crippen LogP contribution in [0, 0.1) is 6.92 Å². The lowest BCUT2D eigenvalue weighted by Gasteiger charge is -2.11. The van der Waals surface area contributed by atoms with Gasteiger partial charge in [-0.3, -0.25) is 0 Å². The first-order valence-corrected chi connectivity index (χ1v) is 5.94. The van der Waals surface area contributed by atoms with Crippen molar-refractivity contribution in [2.45, 2.75) is 26.1 Å². The molecule has 0 aliphatic heterocycles. The number of nitrogens with zero attached hydrogens (tertiary/aromatic N) is 1. The van der Waals surface area contributed by atoms with Crippen LogP contribution >= 0.6 is 11.3 Å². The number of aromatic nitrogens is 1. The van der Waals surface area contributed by atoms with Crippen LogP contribution in [0.5, 0.6) is 0 Å². The van der Waals surface area contributed by atoms with Crippen LogP contribution in [0.3, 0.4) is 0 Å². The number of ether oxygens (including phenoxy) is 1. The van der Waals surface area contributed by atoms with Crippen molar-refractivity contribution in [1.82, 2.24) is 4.98 Å². The average molecular weight is 261 g/mol. The minimum absolute atomic E-state index is 0.187. The first kappa shape index (κ1) is 14.0. The molecule has 0 bridgehead atoms. The van der Waals surface area contributed by atoms with Gasteiger partial charge in [0.25, 0.3) is 0 Å². The van der Waals surface area contributed by atoms with Gasteiger partial charge < -0.3 is 20.1 Å². The van der Waals surface area contributed by atoms with E-state index in [9.17, 15) is 15.0 Å². The normalized spacial score (nSPS) is 14.4. The van der Waals surface area contributed by atoms with Crippen molar-refractivity contribution in [2.24, 2.45) is 0 Å². The summed E-state index contributed by atoms with van der Waals surface area (Å²) in [6, 6.07) is 0. The largest absolute Gasteiger partial charge is 0.462 e. The van der Waals surface area contributed by atoms with E-state index in [0.29, 0.717) is 10.6 Å². The highest BCUT2D eigenvalue weighted by Gasteiger charge is 2.24. The van der Waals surface area contributed by atoms with Gasteiger partial charge in [-0.1, -0.05) is 0 Å². The van der Waals surface area contributed by atoms with Crippen LogP contribution in [0.15, 0.2) is 0 Å². The standard InChI is InChI=1S/C10H15NO5S/c1-3-16-10(15)8-5(2)11-9(17-8)7(14)6(13)4-12/h6-7,12-14H,3-4H2,1-2H3. The Bertz CT molecular complexity index is 392. The lowest BCUT2D eigenvalue weighted by molar-refractivity contribution is -0.0153. The Morgan fingerprint density at radius 1 is 1.53 bits per heavy atom. The third kappa shape index (κ3) is 3.22. The minimum atomic E-state index is -1.31. The molecular formula is C10H15NO5S. The van der Waals surface area contributed by atoms with Gasteiger partial charge in [-0.25, -0.2) is 9.78 Å². The van der Waals surface area contributed by atoms with Crippen molar-refractivity contribution < 1.29 is 24.9 Å². The average Bonchev–Trinajstić information content (AvgIpc) is 2.69. The maximum atomic E-state index is 11.5. The van der Waals surface area contributed by atoms with Crippen LogP contribution in [0.1, 0.15) is 33.4 Å². The molecule has 0 aliphatic rings. The number of carbonyl (C=O) groups is 1. The molecule has 0 spiro atoms. The van der Waals surface area contributed by atoms with Gasteiger partial charge in [0.1, 0.15) is 22.1 Å². The van der Waals surface area contributed by atoms with Gasteiger partial charge in [0.2, 0.25) is 0 Å². The van der Waals surface area contributed by atoms with Crippen molar-refractivity contribution >= 4 is 17.3 Å². The smallest absolute Gasteiger partial charge is 0.350 e. The van der Waals surface area contributed by atoms with Crippen LogP contribution in [-0.4, -0.2) is 45.6 Å². The van der Waals surface area contributed by atoms with E-state index in [1.165, 1.54) is 0 Å². The third-order valence-electron chi connectivity index (χ3n) is 2.08. The molecule has 1 heterocycles. The summed E-state index contributed by atoms with van der Waals surface area (Å²) in [4.78, 5) is 15.8. The van der Waals surface area contributed by atoms with Gasteiger partial charge in [-0.2, -0.15) is 0 Å². The number of rotatable bonds is 5. The van der Waals surface area contributed by atoms with Crippen LogP contribution in [0.25, 0.3) is 0 Å². The topological polar surface area (TPSA) is 99.9 Å². The first-order valence-electron chi connectivity index (χ1n) is 5.12. The fourth-order valence-electron chi connectivity index (χ4n) is 1.19. The molecule has 1 rings (SSSR count). The second-order valence-electron chi connectivity index (χ2n) is 3.38. The number of esters is 1. The maximum absolute atomic E-state index is 11.5. The zero-order valence-electron chi connectivity index (χ0n) is 9.58. The van der Waals surface area contributed by atoms with Crippen LogP contribution < -0.4 is 0 Å². The number of hydrogen-bond acceptors (Lipinski definition) is 7. The van der Waals surface area contributed by atoms with Crippen molar-refractivity contribution in [1.29, 1.82) is 0 Å². The summed E-state index contributed by atoms with van der Waals surface area (Å²) in [5.41, 5.74) is 0.438. The Balaban J connectivity index is 2.91. The molecule has 0 fully saturated rings. The SMILES string of the molecule is CCOC(=O)c1sc(C(O)C(O)CO)nc1C. The van der Waals surface area contributed by atoms with E-state index in [1.54, 1.807) is 13.8 Å². The van der Waals surface area contributed by atoms with Crippen LogP contribution in [-0.2, 0) is 4.74 Å². The zero-order chi connectivity index (χ0) is 13.0. The maximum Gasteiger partial charge on any atom is 0.350 e. The van der Waals surface area contributed by atoms with Crippen LogP contribution in [0.4, 0.5) is 0 Å². The molecule has 0 aliphatic carbocycles. The molecule has 2 unspecified atom stereocenters. The summed E-state index contributed by atoms with van der Waals surface area (Å²) in [5, 5.41) is 27.8. The monoisotopic (exact) mass is 261 g/mol. The molecule has 0 aromatic carbocycles. The van der Waals surface area contributed by atoms with Crippen molar-refractivity contribution in [2.75, 3.05) is 13.2 Å². The van der Waals surface area contributed by atoms with E-state index < -0.39 is 24.8 Å². The number of aryl methyl sites for hydroxylation is 1. The predicted octanol–water partition coefficient (Wildman–Crippen LogP) is 0.0148. The Morgan fingerprint density at radius 2 is 2.18 bits per heavy atom. The molecule has 0 amide bonds. The second kappa shape index (κ2) is 6.06. The fourth-order valence-corrected chi connectivity index (χ4v) is 2.20. The predicted molar refractivity (Wildman–Crippen MR) is 60.9 cm³/mol. The van der Waals surface area contributed by atoms with Gasteiger partial charge in [-0.05, 0) is 13.8 Å². The molecule has 2 atom stereocenters. The number of aliphatic hydroxyl groups is 3. The lowest BCUT2D eigenvalue weighted by atomic mass is 10.2. The number of carbonyl (C=O) groups excluding carboxylic acids is 1. The molecule has 96 valence electrons. The Labute approximate surface area is 103 Å². The molecular weight excluding hydrogens is 246 g/mol. The van der Waals surface area contributed by atoms with Crippen molar-refractivity contribution in [3.05, 3.63) is 15.6 Å². The van der Waals surface area contributed by atoms with E-state index in [-0.39, 0.29) is 11.6 Å². The van der Waals surface area contributed by atoms with Gasteiger partial charge in [0, 0.05) is 0 Å². The van der Waals surface area contributed by atoms with E-state index in [0.717, 1.165) is 11.3 Å². The van der Waals surface area contributed by atoms with Crippen molar-refractivity contribution in [3.63, 3.8) is 0 Å². The van der Waals surface area contributed by atoms with Crippen molar-refractivity contribution in [3.8, 4) is 0 Å². The minimum Gasteiger partial charge on any atom is -0.462 e. The Kier molecular flexibility index (Phi) is 5.01. The quantitative estimate of drug-likeness (QED) is 0.646. The van der Waals surface area contributed by atoms with Gasteiger partial charge >= 0.3 is 5.97 Å². The highest BCUT2D eigenvalue weighted by atomic mass is 32.1. The summed E-state index contributed by atoms with van der Waals surface area (Å²) in [6.45, 7) is 2.99. The fraction of sp³-hybridized carbons (Fsp3) is 0.600. The van der Waals surface area contributed by atoms with E-state index in [2.05, 4.69) is 4.98 Å². The molecule has 0 saturated carbocycles. The van der Waals surface area contributed by atoms with E-state index in [4.69, 9.17) is 9.84 Å². The highest BCUT2D eigenvalue weighted by Crippen LogP contribution is 2.26. The summed E-state index contributed by atoms with van der Waals surface area (Å²) in [7, 11) is 0. The van der Waals surface area contributed by atoms with Gasteiger partial charge in [-0.15, -0.1) is 11.3 Å².